The molecular weight excluding hydrogens is 412 g/mol. The van der Waals surface area contributed by atoms with Crippen LogP contribution in [0.2, 0.25) is 0 Å². The van der Waals surface area contributed by atoms with Crippen molar-refractivity contribution in [2.24, 2.45) is 5.10 Å². The summed E-state index contributed by atoms with van der Waals surface area (Å²) in [6.45, 7) is 0. The molecule has 168 valence electrons. The van der Waals surface area contributed by atoms with Gasteiger partial charge >= 0.3 is 11.8 Å². The van der Waals surface area contributed by atoms with Crippen LogP contribution >= 0.6 is 0 Å². The lowest BCUT2D eigenvalue weighted by Crippen LogP contribution is -2.37. The summed E-state index contributed by atoms with van der Waals surface area (Å²) in [5, 5.41) is 19.2. The number of hydrogen-bond donors (Lipinski definition) is 4. The van der Waals surface area contributed by atoms with Gasteiger partial charge in [0.1, 0.15) is 0 Å². The SMILES string of the molecule is COc1cccc(/C=N/NC(=O)C(=O)Nc2ccccc2C(=O)NC2CCCCC2)c1O. The number of carbonyl (C=O) groups is 3. The lowest BCUT2D eigenvalue weighted by atomic mass is 9.95. The van der Waals surface area contributed by atoms with Gasteiger partial charge in [0.05, 0.1) is 24.6 Å². The molecule has 32 heavy (non-hydrogen) atoms. The number of amides is 3. The maximum Gasteiger partial charge on any atom is 0.329 e. The van der Waals surface area contributed by atoms with E-state index in [1.165, 1.54) is 19.7 Å². The molecule has 0 aromatic heterocycles. The van der Waals surface area contributed by atoms with Gasteiger partial charge in [0.25, 0.3) is 5.91 Å². The van der Waals surface area contributed by atoms with Gasteiger partial charge in [0.2, 0.25) is 0 Å². The van der Waals surface area contributed by atoms with E-state index in [1.807, 2.05) is 0 Å². The van der Waals surface area contributed by atoms with E-state index in [2.05, 4.69) is 21.2 Å². The van der Waals surface area contributed by atoms with E-state index in [4.69, 9.17) is 4.74 Å². The fourth-order valence-electron chi connectivity index (χ4n) is 3.50. The lowest BCUT2D eigenvalue weighted by molar-refractivity contribution is -0.136. The van der Waals surface area contributed by atoms with Crippen molar-refractivity contribution in [3.8, 4) is 11.5 Å². The van der Waals surface area contributed by atoms with Gasteiger partial charge in [0.15, 0.2) is 11.5 Å². The van der Waals surface area contributed by atoms with Gasteiger partial charge in [-0.25, -0.2) is 5.43 Å². The third-order valence-corrected chi connectivity index (χ3v) is 5.19. The van der Waals surface area contributed by atoms with Crippen molar-refractivity contribution in [2.45, 2.75) is 38.1 Å². The minimum absolute atomic E-state index is 0.116. The van der Waals surface area contributed by atoms with Crippen LogP contribution in [-0.2, 0) is 9.59 Å². The first kappa shape index (κ1) is 22.8. The first-order chi connectivity index (χ1) is 15.5. The number of methoxy groups -OCH3 is 1. The molecule has 9 nitrogen and oxygen atoms in total. The molecule has 0 unspecified atom stereocenters. The van der Waals surface area contributed by atoms with Gasteiger partial charge in [-0.1, -0.05) is 37.5 Å². The second-order valence-corrected chi connectivity index (χ2v) is 7.41. The highest BCUT2D eigenvalue weighted by Crippen LogP contribution is 2.28. The molecule has 0 aliphatic heterocycles. The summed E-state index contributed by atoms with van der Waals surface area (Å²) in [6, 6.07) is 11.4. The van der Waals surface area contributed by atoms with Gasteiger partial charge in [-0.15, -0.1) is 0 Å². The molecule has 1 saturated carbocycles. The van der Waals surface area contributed by atoms with Crippen molar-refractivity contribution >= 4 is 29.6 Å². The van der Waals surface area contributed by atoms with Crippen molar-refractivity contribution in [3.63, 3.8) is 0 Å². The number of carbonyl (C=O) groups excluding carboxylic acids is 3. The predicted octanol–water partition coefficient (Wildman–Crippen LogP) is 2.55. The van der Waals surface area contributed by atoms with Crippen LogP contribution in [0, 0.1) is 0 Å². The molecule has 9 heteroatoms. The van der Waals surface area contributed by atoms with E-state index in [0.717, 1.165) is 25.7 Å². The number of nitrogens with zero attached hydrogens (tertiary/aromatic N) is 1. The molecular formula is C23H26N4O5. The summed E-state index contributed by atoms with van der Waals surface area (Å²) in [4.78, 5) is 37.1. The van der Waals surface area contributed by atoms with E-state index in [1.54, 1.807) is 42.5 Å². The van der Waals surface area contributed by atoms with Crippen LogP contribution in [0.5, 0.6) is 11.5 Å². The molecule has 2 aromatic rings. The van der Waals surface area contributed by atoms with Crippen LogP contribution in [0.3, 0.4) is 0 Å². The van der Waals surface area contributed by atoms with E-state index >= 15 is 0 Å². The second-order valence-electron chi connectivity index (χ2n) is 7.41. The molecule has 0 bridgehead atoms. The number of benzene rings is 2. The lowest BCUT2D eigenvalue weighted by Gasteiger charge is -2.23. The van der Waals surface area contributed by atoms with E-state index in [0.29, 0.717) is 5.56 Å². The first-order valence-corrected chi connectivity index (χ1v) is 10.4. The number of anilines is 1. The Morgan fingerprint density at radius 1 is 1.03 bits per heavy atom. The Hall–Kier alpha value is -3.88. The van der Waals surface area contributed by atoms with Crippen LogP contribution in [0.4, 0.5) is 5.69 Å². The zero-order valence-electron chi connectivity index (χ0n) is 17.8. The maximum absolute atomic E-state index is 12.7. The number of nitrogens with one attached hydrogen (secondary N) is 3. The quantitative estimate of drug-likeness (QED) is 0.313. The number of ether oxygens (including phenoxy) is 1. The molecule has 4 N–H and O–H groups in total. The van der Waals surface area contributed by atoms with Gasteiger partial charge in [0, 0.05) is 11.6 Å². The summed E-state index contributed by atoms with van der Waals surface area (Å²) in [5.41, 5.74) is 2.91. The molecule has 3 amide bonds. The van der Waals surface area contributed by atoms with E-state index < -0.39 is 11.8 Å². The number of rotatable bonds is 6. The molecule has 3 rings (SSSR count). The molecule has 1 aliphatic rings. The van der Waals surface area contributed by atoms with E-state index in [9.17, 15) is 19.5 Å². The van der Waals surface area contributed by atoms with Crippen LogP contribution < -0.4 is 20.8 Å². The number of phenolic OH excluding ortho intramolecular Hbond substituents is 1. The Labute approximate surface area is 185 Å². The topological polar surface area (TPSA) is 129 Å². The fraction of sp³-hybridized carbons (Fsp3) is 0.304. The summed E-state index contributed by atoms with van der Waals surface area (Å²) in [5.74, 6) is -2.18. The van der Waals surface area contributed by atoms with Gasteiger partial charge in [-0.05, 0) is 37.1 Å². The number of phenols is 1. The standard InChI is InChI=1S/C23H26N4O5/c1-32-19-13-7-8-15(20(19)28)14-24-27-23(31)22(30)26-18-12-6-5-11-17(18)21(29)25-16-9-3-2-4-10-16/h5-8,11-14,16,28H,2-4,9-10H2,1H3,(H,25,29)(H,26,30)(H,27,31)/b24-14+. The Morgan fingerprint density at radius 3 is 2.53 bits per heavy atom. The van der Waals surface area contributed by atoms with Gasteiger partial charge in [-0.2, -0.15) is 5.10 Å². The van der Waals surface area contributed by atoms with Crippen LogP contribution in [0.25, 0.3) is 0 Å². The summed E-state index contributed by atoms with van der Waals surface area (Å²) in [6.07, 6.45) is 6.39. The highest BCUT2D eigenvalue weighted by Gasteiger charge is 2.20. The number of hydrogen-bond acceptors (Lipinski definition) is 6. The summed E-state index contributed by atoms with van der Waals surface area (Å²) in [7, 11) is 1.41. The van der Waals surface area contributed by atoms with Gasteiger partial charge in [-0.3, -0.25) is 14.4 Å². The highest BCUT2D eigenvalue weighted by molar-refractivity contribution is 6.40. The van der Waals surface area contributed by atoms with Crippen molar-refractivity contribution in [2.75, 3.05) is 12.4 Å². The minimum atomic E-state index is -1.02. The largest absolute Gasteiger partial charge is 0.504 e. The normalized spacial score (nSPS) is 14.0. The summed E-state index contributed by atoms with van der Waals surface area (Å²) >= 11 is 0. The van der Waals surface area contributed by atoms with Crippen molar-refractivity contribution in [3.05, 3.63) is 53.6 Å². The molecule has 0 atom stereocenters. The number of aromatic hydroxyl groups is 1. The van der Waals surface area contributed by atoms with Crippen LogP contribution in [-0.4, -0.2) is 42.2 Å². The predicted molar refractivity (Wildman–Crippen MR) is 120 cm³/mol. The number of hydrazone groups is 1. The molecule has 0 radical (unpaired) electrons. The molecule has 0 spiro atoms. The maximum atomic E-state index is 12.7. The van der Waals surface area contributed by atoms with Crippen molar-refractivity contribution in [1.82, 2.24) is 10.7 Å². The Bertz CT molecular complexity index is 1020. The molecule has 0 saturated heterocycles. The summed E-state index contributed by atoms with van der Waals surface area (Å²) < 4.78 is 5.00. The second kappa shape index (κ2) is 10.9. The third kappa shape index (κ3) is 5.84. The first-order valence-electron chi connectivity index (χ1n) is 10.4. The zero-order valence-corrected chi connectivity index (χ0v) is 17.8. The third-order valence-electron chi connectivity index (χ3n) is 5.19. The molecule has 1 aliphatic carbocycles. The van der Waals surface area contributed by atoms with Crippen molar-refractivity contribution in [1.29, 1.82) is 0 Å². The fourth-order valence-corrected chi connectivity index (χ4v) is 3.50. The van der Waals surface area contributed by atoms with Crippen molar-refractivity contribution < 1.29 is 24.2 Å². The highest BCUT2D eigenvalue weighted by atomic mass is 16.5. The molecule has 0 heterocycles. The zero-order chi connectivity index (χ0) is 22.9. The average Bonchev–Trinajstić information content (AvgIpc) is 2.81. The Morgan fingerprint density at radius 2 is 1.78 bits per heavy atom. The Kier molecular flexibility index (Phi) is 7.80. The number of para-hydroxylation sites is 2. The molecule has 1 fully saturated rings. The minimum Gasteiger partial charge on any atom is -0.504 e. The van der Waals surface area contributed by atoms with Gasteiger partial charge < -0.3 is 20.5 Å². The van der Waals surface area contributed by atoms with Crippen LogP contribution in [0.1, 0.15) is 48.0 Å². The monoisotopic (exact) mass is 438 g/mol. The van der Waals surface area contributed by atoms with E-state index in [-0.39, 0.29) is 34.7 Å². The van der Waals surface area contributed by atoms with Crippen LogP contribution in [0.15, 0.2) is 47.6 Å². The molecule has 2 aromatic carbocycles. The smallest absolute Gasteiger partial charge is 0.329 e. The average molecular weight is 438 g/mol. The Balaban J connectivity index is 1.60.